The van der Waals surface area contributed by atoms with Crippen LogP contribution in [0.5, 0.6) is 0 Å². The van der Waals surface area contributed by atoms with Gasteiger partial charge in [-0.25, -0.2) is 17.9 Å². The summed E-state index contributed by atoms with van der Waals surface area (Å²) in [4.78, 5) is 35.7. The normalized spacial score (nSPS) is 11.8. The topological polar surface area (TPSA) is 104 Å². The molecule has 0 fully saturated rings. The predicted octanol–water partition coefficient (Wildman–Crippen LogP) is 2.53. The van der Waals surface area contributed by atoms with Crippen molar-refractivity contribution in [2.24, 2.45) is 0 Å². The lowest BCUT2D eigenvalue weighted by Crippen LogP contribution is -2.31. The van der Waals surface area contributed by atoms with Crippen LogP contribution in [0.1, 0.15) is 28.5 Å². The highest BCUT2D eigenvalue weighted by Gasteiger charge is 2.24. The van der Waals surface area contributed by atoms with Crippen LogP contribution in [0.15, 0.2) is 53.3 Å². The molecule has 29 heavy (non-hydrogen) atoms. The van der Waals surface area contributed by atoms with E-state index in [1.807, 2.05) is 0 Å². The van der Waals surface area contributed by atoms with Crippen LogP contribution in [0, 0.1) is 17.5 Å². The maximum atomic E-state index is 14.0. The van der Waals surface area contributed by atoms with Crippen molar-refractivity contribution < 1.29 is 27.9 Å². The average Bonchev–Trinajstić information content (AvgIpc) is 3.05. The molecule has 0 saturated carbocycles. The molecule has 150 valence electrons. The van der Waals surface area contributed by atoms with Gasteiger partial charge >= 0.3 is 5.97 Å². The van der Waals surface area contributed by atoms with Crippen LogP contribution in [0.2, 0.25) is 0 Å². The highest BCUT2D eigenvalue weighted by atomic mass is 19.1. The highest BCUT2D eigenvalue weighted by molar-refractivity contribution is 5.92. The Morgan fingerprint density at radius 1 is 1.07 bits per heavy atom. The summed E-state index contributed by atoms with van der Waals surface area (Å²) in [5, 5.41) is 13.7. The number of carboxylic acid groups (broad SMARTS) is 1. The first kappa shape index (κ1) is 19.9. The first-order chi connectivity index (χ1) is 13.8. The largest absolute Gasteiger partial charge is 0.481 e. The highest BCUT2D eigenvalue weighted by Crippen LogP contribution is 2.22. The van der Waals surface area contributed by atoms with Gasteiger partial charge < -0.3 is 10.4 Å². The Morgan fingerprint density at radius 3 is 2.48 bits per heavy atom. The van der Waals surface area contributed by atoms with Crippen molar-refractivity contribution in [3.63, 3.8) is 0 Å². The van der Waals surface area contributed by atoms with E-state index in [1.165, 1.54) is 18.2 Å². The first-order valence-corrected chi connectivity index (χ1v) is 8.31. The number of carbonyl (C=O) groups excluding carboxylic acids is 1. The number of rotatable bonds is 6. The zero-order chi connectivity index (χ0) is 21.1. The van der Waals surface area contributed by atoms with Gasteiger partial charge in [-0.15, -0.1) is 0 Å². The molecule has 10 heteroatoms. The minimum atomic E-state index is -1.41. The van der Waals surface area contributed by atoms with Gasteiger partial charge in [-0.2, -0.15) is 0 Å². The monoisotopic (exact) mass is 405 g/mol. The summed E-state index contributed by atoms with van der Waals surface area (Å²) in [5.41, 5.74) is -1.55. The molecule has 3 aromatic rings. The molecule has 0 saturated heterocycles. The number of aromatic amines is 1. The Kier molecular flexibility index (Phi) is 5.53. The second-order valence-electron chi connectivity index (χ2n) is 6.08. The van der Waals surface area contributed by atoms with Gasteiger partial charge in [-0.3, -0.25) is 19.5 Å². The van der Waals surface area contributed by atoms with Crippen LogP contribution in [0.3, 0.4) is 0 Å². The number of para-hydroxylation sites is 1. The fourth-order valence-electron chi connectivity index (χ4n) is 2.76. The van der Waals surface area contributed by atoms with Gasteiger partial charge in [0.1, 0.15) is 28.8 Å². The molecule has 1 amide bonds. The van der Waals surface area contributed by atoms with Crippen molar-refractivity contribution in [1.82, 2.24) is 15.1 Å². The number of aromatic nitrogens is 2. The molecule has 0 bridgehead atoms. The quantitative estimate of drug-likeness (QED) is 0.586. The van der Waals surface area contributed by atoms with E-state index in [-0.39, 0.29) is 16.9 Å². The number of halogens is 3. The maximum absolute atomic E-state index is 14.0. The van der Waals surface area contributed by atoms with Crippen molar-refractivity contribution in [2.75, 3.05) is 0 Å². The lowest BCUT2D eigenvalue weighted by molar-refractivity contribution is -0.137. The van der Waals surface area contributed by atoms with Crippen LogP contribution >= 0.6 is 0 Å². The Balaban J connectivity index is 1.92. The number of nitrogens with one attached hydrogen (secondary N) is 2. The van der Waals surface area contributed by atoms with Crippen molar-refractivity contribution in [3.8, 4) is 5.69 Å². The molecule has 0 spiro atoms. The van der Waals surface area contributed by atoms with E-state index in [4.69, 9.17) is 5.11 Å². The SMILES string of the molecule is O=C(O)CC(NC(=O)c1cc(=O)n(-c2ccccc2F)[nH]1)c1cc(F)ccc1F. The van der Waals surface area contributed by atoms with E-state index in [9.17, 15) is 27.6 Å². The van der Waals surface area contributed by atoms with E-state index in [0.29, 0.717) is 0 Å². The molecular weight excluding hydrogens is 391 g/mol. The Labute approximate surface area is 161 Å². The van der Waals surface area contributed by atoms with Crippen molar-refractivity contribution in [2.45, 2.75) is 12.5 Å². The standard InChI is InChI=1S/C19H14F3N3O4/c20-10-5-6-12(21)11(7-10)14(9-18(27)28)23-19(29)15-8-17(26)25(24-15)16-4-2-1-3-13(16)22/h1-8,14,24H,9H2,(H,23,29)(H,27,28). The fraction of sp³-hybridized carbons (Fsp3) is 0.105. The number of amides is 1. The maximum Gasteiger partial charge on any atom is 0.305 e. The summed E-state index contributed by atoms with van der Waals surface area (Å²) in [6, 6.07) is 7.24. The minimum Gasteiger partial charge on any atom is -0.481 e. The number of benzene rings is 2. The predicted molar refractivity (Wildman–Crippen MR) is 95.2 cm³/mol. The average molecular weight is 405 g/mol. The second-order valence-corrected chi connectivity index (χ2v) is 6.08. The van der Waals surface area contributed by atoms with Gasteiger partial charge in [-0.1, -0.05) is 12.1 Å². The van der Waals surface area contributed by atoms with Crippen LogP contribution in [-0.4, -0.2) is 26.8 Å². The van der Waals surface area contributed by atoms with Gasteiger partial charge in [0, 0.05) is 11.6 Å². The molecule has 1 heterocycles. The number of nitrogens with zero attached hydrogens (tertiary/aromatic N) is 1. The summed E-state index contributed by atoms with van der Waals surface area (Å²) < 4.78 is 42.2. The number of carbonyl (C=O) groups is 2. The number of hydrogen-bond donors (Lipinski definition) is 3. The van der Waals surface area contributed by atoms with Gasteiger partial charge in [0.2, 0.25) is 0 Å². The fourth-order valence-corrected chi connectivity index (χ4v) is 2.76. The van der Waals surface area contributed by atoms with Crippen LogP contribution in [0.25, 0.3) is 5.69 Å². The zero-order valence-electron chi connectivity index (χ0n) is 14.7. The lowest BCUT2D eigenvalue weighted by atomic mass is 10.0. The molecule has 1 aromatic heterocycles. The van der Waals surface area contributed by atoms with Crippen molar-refractivity contribution in [3.05, 3.63) is 87.6 Å². The number of aliphatic carboxylic acids is 1. The van der Waals surface area contributed by atoms with Gasteiger partial charge in [-0.05, 0) is 30.3 Å². The third-order valence-electron chi connectivity index (χ3n) is 4.08. The molecule has 0 aliphatic rings. The minimum absolute atomic E-state index is 0.130. The molecule has 0 aliphatic carbocycles. The molecule has 3 N–H and O–H groups in total. The molecular formula is C19H14F3N3O4. The van der Waals surface area contributed by atoms with Crippen molar-refractivity contribution >= 4 is 11.9 Å². The van der Waals surface area contributed by atoms with Crippen LogP contribution in [-0.2, 0) is 4.79 Å². The van der Waals surface area contributed by atoms with E-state index in [0.717, 1.165) is 35.0 Å². The Bertz CT molecular complexity index is 1140. The van der Waals surface area contributed by atoms with Gasteiger partial charge in [0.15, 0.2) is 0 Å². The summed E-state index contributed by atoms with van der Waals surface area (Å²) >= 11 is 0. The molecule has 0 aliphatic heterocycles. The molecule has 0 radical (unpaired) electrons. The van der Waals surface area contributed by atoms with Crippen LogP contribution < -0.4 is 10.9 Å². The zero-order valence-corrected chi connectivity index (χ0v) is 14.7. The molecule has 7 nitrogen and oxygen atoms in total. The molecule has 1 atom stereocenters. The molecule has 1 unspecified atom stereocenters. The summed E-state index contributed by atoms with van der Waals surface area (Å²) in [6.45, 7) is 0. The number of H-pyrrole nitrogens is 1. The van der Waals surface area contributed by atoms with Gasteiger partial charge in [0.05, 0.1) is 12.5 Å². The van der Waals surface area contributed by atoms with E-state index in [1.54, 1.807) is 0 Å². The third-order valence-corrected chi connectivity index (χ3v) is 4.08. The summed E-state index contributed by atoms with van der Waals surface area (Å²) in [5.74, 6) is -4.75. The Morgan fingerprint density at radius 2 is 1.79 bits per heavy atom. The number of carboxylic acids is 1. The Hall–Kier alpha value is -3.82. The smallest absolute Gasteiger partial charge is 0.305 e. The third kappa shape index (κ3) is 4.37. The summed E-state index contributed by atoms with van der Waals surface area (Å²) in [6.07, 6.45) is -0.732. The number of hydrogen-bond acceptors (Lipinski definition) is 3. The van der Waals surface area contributed by atoms with E-state index in [2.05, 4.69) is 10.4 Å². The van der Waals surface area contributed by atoms with Gasteiger partial charge in [0.25, 0.3) is 11.5 Å². The molecule has 2 aromatic carbocycles. The van der Waals surface area contributed by atoms with E-state index >= 15 is 0 Å². The van der Waals surface area contributed by atoms with E-state index < -0.39 is 47.4 Å². The van der Waals surface area contributed by atoms with Crippen LogP contribution in [0.4, 0.5) is 13.2 Å². The van der Waals surface area contributed by atoms with Crippen molar-refractivity contribution in [1.29, 1.82) is 0 Å². The second kappa shape index (κ2) is 8.05. The molecule has 3 rings (SSSR count). The first-order valence-electron chi connectivity index (χ1n) is 8.31. The lowest BCUT2D eigenvalue weighted by Gasteiger charge is -2.17. The summed E-state index contributed by atoms with van der Waals surface area (Å²) in [7, 11) is 0.